The molecule has 15 heavy (non-hydrogen) atoms. The van der Waals surface area contributed by atoms with Gasteiger partial charge in [0.25, 0.3) is 0 Å². The van der Waals surface area contributed by atoms with Gasteiger partial charge in [0.15, 0.2) is 0 Å². The molecule has 3 nitrogen and oxygen atoms in total. The van der Waals surface area contributed by atoms with Gasteiger partial charge in [-0.15, -0.1) is 6.58 Å². The quantitative estimate of drug-likeness (QED) is 0.527. The van der Waals surface area contributed by atoms with Crippen LogP contribution >= 0.6 is 0 Å². The molecule has 2 saturated heterocycles. The van der Waals surface area contributed by atoms with Gasteiger partial charge in [0.1, 0.15) is 0 Å². The van der Waals surface area contributed by atoms with Crippen LogP contribution in [0.2, 0.25) is 0 Å². The third kappa shape index (κ3) is 3.03. The van der Waals surface area contributed by atoms with Crippen molar-refractivity contribution >= 4 is 0 Å². The van der Waals surface area contributed by atoms with E-state index in [4.69, 9.17) is 0 Å². The fourth-order valence-electron chi connectivity index (χ4n) is 2.34. The molecule has 2 aliphatic heterocycles. The first-order valence-corrected chi connectivity index (χ1v) is 6.18. The van der Waals surface area contributed by atoms with Crippen LogP contribution in [-0.2, 0) is 0 Å². The highest BCUT2D eigenvalue weighted by molar-refractivity contribution is 4.87. The standard InChI is InChI=1S/C12H23N3/c1-2-3-4-5-14-6-8-15(9-7-14)12-10-13-11-12/h2,12-13H,1,3-11H2. The summed E-state index contributed by atoms with van der Waals surface area (Å²) in [6.07, 6.45) is 4.46. The van der Waals surface area contributed by atoms with E-state index in [9.17, 15) is 0 Å². The van der Waals surface area contributed by atoms with Gasteiger partial charge in [-0.1, -0.05) is 6.08 Å². The molecule has 0 aromatic carbocycles. The molecule has 0 amide bonds. The van der Waals surface area contributed by atoms with Crippen LogP contribution in [0, 0.1) is 0 Å². The fraction of sp³-hybridized carbons (Fsp3) is 0.833. The SMILES string of the molecule is C=CCCCN1CCN(C2CNC2)CC1. The average Bonchev–Trinajstić information content (AvgIpc) is 2.18. The van der Waals surface area contributed by atoms with Crippen molar-refractivity contribution in [2.75, 3.05) is 45.8 Å². The zero-order valence-electron chi connectivity index (χ0n) is 9.62. The summed E-state index contributed by atoms with van der Waals surface area (Å²) >= 11 is 0. The highest BCUT2D eigenvalue weighted by atomic mass is 15.3. The Morgan fingerprint density at radius 2 is 1.93 bits per heavy atom. The summed E-state index contributed by atoms with van der Waals surface area (Å²) in [4.78, 5) is 5.23. The zero-order valence-corrected chi connectivity index (χ0v) is 9.62. The number of nitrogens with zero attached hydrogens (tertiary/aromatic N) is 2. The molecule has 0 aromatic heterocycles. The number of unbranched alkanes of at least 4 members (excludes halogenated alkanes) is 1. The summed E-state index contributed by atoms with van der Waals surface area (Å²) < 4.78 is 0. The van der Waals surface area contributed by atoms with Crippen LogP contribution in [-0.4, -0.2) is 61.7 Å². The van der Waals surface area contributed by atoms with Gasteiger partial charge in [0.05, 0.1) is 0 Å². The Kier molecular flexibility index (Phi) is 4.18. The van der Waals surface area contributed by atoms with Gasteiger partial charge in [-0.05, 0) is 19.4 Å². The minimum absolute atomic E-state index is 0.834. The van der Waals surface area contributed by atoms with E-state index in [0.717, 1.165) is 12.5 Å². The predicted octanol–water partition coefficient (Wildman–Crippen LogP) is 0.542. The number of nitrogens with one attached hydrogen (secondary N) is 1. The smallest absolute Gasteiger partial charge is 0.0346 e. The van der Waals surface area contributed by atoms with Crippen LogP contribution in [0.25, 0.3) is 0 Å². The van der Waals surface area contributed by atoms with Crippen molar-refractivity contribution in [1.82, 2.24) is 15.1 Å². The molecular weight excluding hydrogens is 186 g/mol. The first kappa shape index (κ1) is 11.1. The maximum atomic E-state index is 3.76. The third-order valence-electron chi connectivity index (χ3n) is 3.57. The molecule has 3 heteroatoms. The molecule has 0 saturated carbocycles. The molecular formula is C12H23N3. The Hall–Kier alpha value is -0.380. The molecule has 0 aromatic rings. The van der Waals surface area contributed by atoms with Crippen LogP contribution in [0.1, 0.15) is 12.8 Å². The second-order valence-electron chi connectivity index (χ2n) is 4.62. The Bertz CT molecular complexity index is 193. The molecule has 0 spiro atoms. The minimum Gasteiger partial charge on any atom is -0.314 e. The van der Waals surface area contributed by atoms with E-state index < -0.39 is 0 Å². The summed E-state index contributed by atoms with van der Waals surface area (Å²) in [5, 5.41) is 3.35. The molecule has 0 unspecified atom stereocenters. The van der Waals surface area contributed by atoms with E-state index in [0.29, 0.717) is 0 Å². The summed E-state index contributed by atoms with van der Waals surface area (Å²) in [6, 6.07) is 0.834. The number of allylic oxidation sites excluding steroid dienone is 1. The highest BCUT2D eigenvalue weighted by Crippen LogP contribution is 2.10. The zero-order chi connectivity index (χ0) is 10.5. The van der Waals surface area contributed by atoms with Crippen LogP contribution < -0.4 is 5.32 Å². The Labute approximate surface area is 93.1 Å². The van der Waals surface area contributed by atoms with Crippen molar-refractivity contribution in [1.29, 1.82) is 0 Å². The molecule has 2 fully saturated rings. The highest BCUT2D eigenvalue weighted by Gasteiger charge is 2.27. The summed E-state index contributed by atoms with van der Waals surface area (Å²) in [6.45, 7) is 12.5. The van der Waals surface area contributed by atoms with Gasteiger partial charge in [0, 0.05) is 45.3 Å². The molecule has 2 aliphatic rings. The lowest BCUT2D eigenvalue weighted by Gasteiger charge is -2.43. The molecule has 0 bridgehead atoms. The number of hydrogen-bond donors (Lipinski definition) is 1. The summed E-state index contributed by atoms with van der Waals surface area (Å²) in [7, 11) is 0. The fourth-order valence-corrected chi connectivity index (χ4v) is 2.34. The minimum atomic E-state index is 0.834. The topological polar surface area (TPSA) is 18.5 Å². The summed E-state index contributed by atoms with van der Waals surface area (Å²) in [5.74, 6) is 0. The van der Waals surface area contributed by atoms with Crippen LogP contribution in [0.15, 0.2) is 12.7 Å². The van der Waals surface area contributed by atoms with Crippen molar-refractivity contribution in [2.24, 2.45) is 0 Å². The monoisotopic (exact) mass is 209 g/mol. The van der Waals surface area contributed by atoms with Gasteiger partial charge < -0.3 is 10.2 Å². The van der Waals surface area contributed by atoms with Crippen LogP contribution in [0.4, 0.5) is 0 Å². The van der Waals surface area contributed by atoms with Crippen molar-refractivity contribution in [3.05, 3.63) is 12.7 Å². The van der Waals surface area contributed by atoms with E-state index >= 15 is 0 Å². The molecule has 0 atom stereocenters. The van der Waals surface area contributed by atoms with E-state index in [2.05, 4.69) is 21.7 Å². The Morgan fingerprint density at radius 3 is 2.47 bits per heavy atom. The Balaban J connectivity index is 1.61. The number of hydrogen-bond acceptors (Lipinski definition) is 3. The van der Waals surface area contributed by atoms with Gasteiger partial charge in [-0.25, -0.2) is 0 Å². The average molecular weight is 209 g/mol. The van der Waals surface area contributed by atoms with Gasteiger partial charge in [0.2, 0.25) is 0 Å². The van der Waals surface area contributed by atoms with Crippen molar-refractivity contribution in [2.45, 2.75) is 18.9 Å². The molecule has 2 heterocycles. The lowest BCUT2D eigenvalue weighted by atomic mass is 10.1. The maximum Gasteiger partial charge on any atom is 0.0346 e. The number of rotatable bonds is 5. The van der Waals surface area contributed by atoms with Crippen molar-refractivity contribution < 1.29 is 0 Å². The molecule has 0 radical (unpaired) electrons. The largest absolute Gasteiger partial charge is 0.314 e. The lowest BCUT2D eigenvalue weighted by molar-refractivity contribution is 0.0725. The summed E-state index contributed by atoms with van der Waals surface area (Å²) in [5.41, 5.74) is 0. The number of piperazine rings is 1. The van der Waals surface area contributed by atoms with Crippen LogP contribution in [0.5, 0.6) is 0 Å². The van der Waals surface area contributed by atoms with E-state index in [1.54, 1.807) is 0 Å². The molecule has 2 rings (SSSR count). The third-order valence-corrected chi connectivity index (χ3v) is 3.57. The molecule has 1 N–H and O–H groups in total. The second kappa shape index (κ2) is 5.64. The van der Waals surface area contributed by atoms with Crippen molar-refractivity contribution in [3.8, 4) is 0 Å². The van der Waals surface area contributed by atoms with Gasteiger partial charge in [-0.3, -0.25) is 4.90 Å². The van der Waals surface area contributed by atoms with Gasteiger partial charge >= 0.3 is 0 Å². The van der Waals surface area contributed by atoms with Gasteiger partial charge in [-0.2, -0.15) is 0 Å². The van der Waals surface area contributed by atoms with Crippen molar-refractivity contribution in [3.63, 3.8) is 0 Å². The van der Waals surface area contributed by atoms with Crippen LogP contribution in [0.3, 0.4) is 0 Å². The lowest BCUT2D eigenvalue weighted by Crippen LogP contribution is -2.61. The molecule has 0 aliphatic carbocycles. The second-order valence-corrected chi connectivity index (χ2v) is 4.62. The van der Waals surface area contributed by atoms with E-state index in [-0.39, 0.29) is 0 Å². The predicted molar refractivity (Wildman–Crippen MR) is 64.1 cm³/mol. The first-order chi connectivity index (χ1) is 7.40. The van der Waals surface area contributed by atoms with E-state index in [1.165, 1.54) is 52.2 Å². The Morgan fingerprint density at radius 1 is 1.20 bits per heavy atom. The normalized spacial score (nSPS) is 25.1. The van der Waals surface area contributed by atoms with E-state index in [1.807, 2.05) is 6.08 Å². The molecule has 86 valence electrons. The maximum absolute atomic E-state index is 3.76. The first-order valence-electron chi connectivity index (χ1n) is 6.18.